The van der Waals surface area contributed by atoms with Crippen LogP contribution in [0.5, 0.6) is 0 Å². The summed E-state index contributed by atoms with van der Waals surface area (Å²) >= 11 is 0. The Kier molecular flexibility index (Phi) is 9.94. The second-order valence-corrected chi connectivity index (χ2v) is 14.7. The van der Waals surface area contributed by atoms with Crippen molar-refractivity contribution in [2.24, 2.45) is 0 Å². The third-order valence-electron chi connectivity index (χ3n) is 4.46. The molecule has 0 aromatic heterocycles. The van der Waals surface area contributed by atoms with Crippen LogP contribution in [0, 0.1) is 6.92 Å². The lowest BCUT2D eigenvalue weighted by Crippen LogP contribution is -2.55. The Labute approximate surface area is 183 Å². The molecule has 0 aliphatic rings. The summed E-state index contributed by atoms with van der Waals surface area (Å²) in [4.78, 5) is 12.0. The van der Waals surface area contributed by atoms with E-state index >= 15 is 0 Å². The van der Waals surface area contributed by atoms with Gasteiger partial charge in [0.25, 0.3) is 0 Å². The fourth-order valence-electron chi connectivity index (χ4n) is 3.21. The van der Waals surface area contributed by atoms with E-state index in [2.05, 4.69) is 24.4 Å². The van der Waals surface area contributed by atoms with E-state index in [1.165, 1.54) is 0 Å². The molecule has 0 aliphatic heterocycles. The molecule has 0 heterocycles. The predicted molar refractivity (Wildman–Crippen MR) is 123 cm³/mol. The molecule has 30 heavy (non-hydrogen) atoms. The van der Waals surface area contributed by atoms with E-state index in [0.717, 1.165) is 12.0 Å². The summed E-state index contributed by atoms with van der Waals surface area (Å²) in [5.74, 6) is -0.323. The Bertz CT molecular complexity index is 815. The minimum atomic E-state index is -3.73. The lowest BCUT2D eigenvalue weighted by Gasteiger charge is -2.40. The van der Waals surface area contributed by atoms with Crippen LogP contribution < -0.4 is 4.72 Å². The van der Waals surface area contributed by atoms with Crippen molar-refractivity contribution in [3.63, 3.8) is 0 Å². The van der Waals surface area contributed by atoms with Crippen molar-refractivity contribution in [2.45, 2.75) is 83.1 Å². The van der Waals surface area contributed by atoms with E-state index in [4.69, 9.17) is 9.16 Å². The summed E-state index contributed by atoms with van der Waals surface area (Å²) < 4.78 is 40.4. The van der Waals surface area contributed by atoms with Crippen LogP contribution in [0.4, 0.5) is 0 Å². The molecule has 0 saturated heterocycles. The van der Waals surface area contributed by atoms with Gasteiger partial charge in [-0.1, -0.05) is 43.2 Å². The van der Waals surface area contributed by atoms with Crippen molar-refractivity contribution in [2.75, 3.05) is 6.61 Å². The van der Waals surface area contributed by atoms with E-state index < -0.39 is 30.0 Å². The molecule has 1 N–H and O–H groups in total. The van der Waals surface area contributed by atoms with Crippen LogP contribution >= 0.6 is 0 Å². The normalized spacial score (nSPS) is 15.7. The third kappa shape index (κ3) is 8.71. The van der Waals surface area contributed by atoms with E-state index in [0.29, 0.717) is 13.0 Å². The van der Waals surface area contributed by atoms with Crippen molar-refractivity contribution >= 4 is 24.3 Å². The highest BCUT2D eigenvalue weighted by molar-refractivity contribution is 7.89. The molecule has 0 bridgehead atoms. The first-order valence-electron chi connectivity index (χ1n) is 10.5. The number of carbonyl (C=O) groups excluding carboxylic acids is 1. The predicted octanol–water partition coefficient (Wildman–Crippen LogP) is 4.56. The van der Waals surface area contributed by atoms with E-state index in [1.807, 2.05) is 20.8 Å². The first-order valence-corrected chi connectivity index (χ1v) is 15.3. The van der Waals surface area contributed by atoms with E-state index in [1.54, 1.807) is 43.3 Å². The molecular formula is C22H37NO5SSi. The molecule has 2 atom stereocenters. The van der Waals surface area contributed by atoms with Gasteiger partial charge in [0.2, 0.25) is 10.0 Å². The van der Waals surface area contributed by atoms with Crippen LogP contribution in [0.1, 0.15) is 45.6 Å². The Balaban J connectivity index is 3.24. The largest absolute Gasteiger partial charge is 0.466 e. The molecule has 1 aromatic rings. The number of rotatable bonds is 12. The SMILES string of the molecule is CCC[C@H](NS(=O)(=O)c1ccc(C)cc1)[C@@](C)(/C=C/CC(=O)OCC)O[Si](C)(C)C. The molecule has 0 fully saturated rings. The Morgan fingerprint density at radius 1 is 1.20 bits per heavy atom. The molecule has 0 saturated carbocycles. The minimum absolute atomic E-state index is 0.113. The van der Waals surface area contributed by atoms with Gasteiger partial charge in [-0.05, 0) is 59.0 Å². The zero-order chi connectivity index (χ0) is 23.0. The highest BCUT2D eigenvalue weighted by Crippen LogP contribution is 2.28. The van der Waals surface area contributed by atoms with Gasteiger partial charge in [0.15, 0.2) is 8.32 Å². The highest BCUT2D eigenvalue weighted by Gasteiger charge is 2.39. The quantitative estimate of drug-likeness (QED) is 0.284. The van der Waals surface area contributed by atoms with Gasteiger partial charge in [0.1, 0.15) is 0 Å². The number of nitrogens with one attached hydrogen (secondary N) is 1. The van der Waals surface area contributed by atoms with Gasteiger partial charge in [-0.15, -0.1) is 0 Å². The third-order valence-corrected chi connectivity index (χ3v) is 7.00. The van der Waals surface area contributed by atoms with Gasteiger partial charge >= 0.3 is 5.97 Å². The van der Waals surface area contributed by atoms with Gasteiger partial charge in [-0.2, -0.15) is 0 Å². The second-order valence-electron chi connectivity index (χ2n) is 8.59. The van der Waals surface area contributed by atoms with Crippen LogP contribution in [0.3, 0.4) is 0 Å². The lowest BCUT2D eigenvalue weighted by molar-refractivity contribution is -0.142. The number of hydrogen-bond donors (Lipinski definition) is 1. The first-order chi connectivity index (χ1) is 13.8. The molecule has 0 aliphatic carbocycles. The summed E-state index contributed by atoms with van der Waals surface area (Å²) in [6.07, 6.45) is 5.00. The summed E-state index contributed by atoms with van der Waals surface area (Å²) in [6.45, 7) is 14.1. The standard InChI is InChI=1S/C22H37NO5SSi/c1-8-11-20(23-29(25,26)19-15-13-18(3)14-16-19)22(4,28-30(5,6)7)17-10-12-21(24)27-9-2/h10,13-17,20,23H,8-9,11-12H2,1-7H3/b17-10+/t20-,22+/m0/s1. The number of sulfonamides is 1. The summed E-state index contributed by atoms with van der Waals surface area (Å²) in [5, 5.41) is 0. The summed E-state index contributed by atoms with van der Waals surface area (Å²) in [5.41, 5.74) is 0.0953. The maximum Gasteiger partial charge on any atom is 0.309 e. The first kappa shape index (κ1) is 26.6. The average Bonchev–Trinajstić information content (AvgIpc) is 2.60. The fraction of sp³-hybridized carbons (Fsp3) is 0.591. The molecule has 0 spiro atoms. The van der Waals surface area contributed by atoms with Crippen LogP contribution in [-0.4, -0.2) is 41.0 Å². The van der Waals surface area contributed by atoms with Gasteiger partial charge in [0, 0.05) is 0 Å². The average molecular weight is 456 g/mol. The Hall–Kier alpha value is -1.48. The molecule has 1 rings (SSSR count). The minimum Gasteiger partial charge on any atom is -0.466 e. The van der Waals surface area contributed by atoms with Crippen molar-refractivity contribution in [1.82, 2.24) is 4.72 Å². The number of aryl methyl sites for hydroxylation is 1. The van der Waals surface area contributed by atoms with Crippen LogP contribution in [0.2, 0.25) is 19.6 Å². The molecule has 0 amide bonds. The van der Waals surface area contributed by atoms with Crippen LogP contribution in [0.25, 0.3) is 0 Å². The number of hydrogen-bond acceptors (Lipinski definition) is 5. The Morgan fingerprint density at radius 3 is 2.30 bits per heavy atom. The number of benzene rings is 1. The smallest absolute Gasteiger partial charge is 0.309 e. The van der Waals surface area contributed by atoms with Crippen molar-refractivity contribution in [3.05, 3.63) is 42.0 Å². The van der Waals surface area contributed by atoms with E-state index in [9.17, 15) is 13.2 Å². The van der Waals surface area contributed by atoms with Crippen LogP contribution in [-0.2, 0) is 24.0 Å². The lowest BCUT2D eigenvalue weighted by atomic mass is 9.93. The molecule has 0 radical (unpaired) electrons. The topological polar surface area (TPSA) is 81.7 Å². The monoisotopic (exact) mass is 455 g/mol. The fourth-order valence-corrected chi connectivity index (χ4v) is 6.10. The van der Waals surface area contributed by atoms with Crippen molar-refractivity contribution in [3.8, 4) is 0 Å². The van der Waals surface area contributed by atoms with Gasteiger partial charge in [-0.3, -0.25) is 4.79 Å². The maximum absolute atomic E-state index is 13.1. The highest BCUT2D eigenvalue weighted by atomic mass is 32.2. The number of ether oxygens (including phenoxy) is 1. The van der Waals surface area contributed by atoms with Crippen LogP contribution in [0.15, 0.2) is 41.3 Å². The molecule has 1 aromatic carbocycles. The van der Waals surface area contributed by atoms with Gasteiger partial charge in [-0.25, -0.2) is 13.1 Å². The molecular weight excluding hydrogens is 418 g/mol. The zero-order valence-corrected chi connectivity index (χ0v) is 21.1. The zero-order valence-electron chi connectivity index (χ0n) is 19.3. The van der Waals surface area contributed by atoms with Gasteiger partial charge < -0.3 is 9.16 Å². The van der Waals surface area contributed by atoms with E-state index in [-0.39, 0.29) is 17.3 Å². The summed E-state index contributed by atoms with van der Waals surface area (Å²) in [6, 6.07) is 6.28. The second kappa shape index (κ2) is 11.2. The van der Waals surface area contributed by atoms with Crippen molar-refractivity contribution < 1.29 is 22.4 Å². The van der Waals surface area contributed by atoms with Crippen molar-refractivity contribution in [1.29, 1.82) is 0 Å². The number of carbonyl (C=O) groups is 1. The summed E-state index contributed by atoms with van der Waals surface area (Å²) in [7, 11) is -5.77. The molecule has 0 unspecified atom stereocenters. The molecule has 8 heteroatoms. The number of esters is 1. The molecule has 170 valence electrons. The van der Waals surface area contributed by atoms with Gasteiger partial charge in [0.05, 0.1) is 29.6 Å². The molecule has 6 nitrogen and oxygen atoms in total. The Morgan fingerprint density at radius 2 is 1.80 bits per heavy atom. The maximum atomic E-state index is 13.1.